The molecule has 41 heavy (non-hydrogen) atoms. The minimum atomic E-state index is -4.69. The van der Waals surface area contributed by atoms with E-state index in [2.05, 4.69) is 39.3 Å². The summed E-state index contributed by atoms with van der Waals surface area (Å²) in [5, 5.41) is 3.39. The Morgan fingerprint density at radius 1 is 1.12 bits per heavy atom. The first-order valence-electron chi connectivity index (χ1n) is 13.3. The molecule has 0 atom stereocenters. The summed E-state index contributed by atoms with van der Waals surface area (Å²) in [5.41, 5.74) is 0.638. The molecule has 16 heteroatoms. The van der Waals surface area contributed by atoms with Crippen LogP contribution in [-0.4, -0.2) is 78.5 Å². The Bertz CT molecular complexity index is 1370. The quantitative estimate of drug-likeness (QED) is 0.407. The van der Waals surface area contributed by atoms with Gasteiger partial charge >= 0.3 is 12.2 Å². The number of urea groups is 1. The lowest BCUT2D eigenvalue weighted by atomic mass is 9.91. The average Bonchev–Trinajstić information content (AvgIpc) is 2.88. The highest BCUT2D eigenvalue weighted by Crippen LogP contribution is 2.33. The van der Waals surface area contributed by atoms with Gasteiger partial charge in [0.05, 0.1) is 30.6 Å². The van der Waals surface area contributed by atoms with Crippen molar-refractivity contribution < 1.29 is 30.8 Å². The summed E-state index contributed by atoms with van der Waals surface area (Å²) in [4.78, 5) is 31.3. The molecule has 1 fully saturated rings. The number of alkyl halides is 3. The van der Waals surface area contributed by atoms with Crippen molar-refractivity contribution in [2.24, 2.45) is 0 Å². The zero-order chi connectivity index (χ0) is 30.1. The Morgan fingerprint density at radius 3 is 2.39 bits per heavy atom. The van der Waals surface area contributed by atoms with Gasteiger partial charge in [-0.1, -0.05) is 0 Å². The number of nitrogens with zero attached hydrogens (tertiary/aromatic N) is 6. The van der Waals surface area contributed by atoms with Crippen molar-refractivity contribution in [3.63, 3.8) is 0 Å². The van der Waals surface area contributed by atoms with Gasteiger partial charge in [-0.25, -0.2) is 27.6 Å². The van der Waals surface area contributed by atoms with Crippen LogP contribution in [0.15, 0.2) is 18.5 Å². The fourth-order valence-electron chi connectivity index (χ4n) is 4.93. The number of carbonyl (C=O) groups is 1. The van der Waals surface area contributed by atoms with Crippen molar-refractivity contribution in [1.82, 2.24) is 19.9 Å². The molecule has 226 valence electrons. The number of fused-ring (bicyclic) bond motifs is 1. The van der Waals surface area contributed by atoms with Gasteiger partial charge in [-0.05, 0) is 53.6 Å². The van der Waals surface area contributed by atoms with E-state index in [0.717, 1.165) is 37.9 Å². The van der Waals surface area contributed by atoms with E-state index in [0.29, 0.717) is 23.4 Å². The lowest BCUT2D eigenvalue weighted by Crippen LogP contribution is -2.51. The third-order valence-corrected chi connectivity index (χ3v) is 8.40. The van der Waals surface area contributed by atoms with Crippen LogP contribution in [0, 0.1) is 5.82 Å². The standard InChI is InChI=1S/C25H34F4N8O3S/c1-15(2)37-22-16(12-31-23(33-22)32-17-5-7-18(8-6-17)35(3)4)14-36(24(37)38)19-11-20(26)21(30-13-19)34-41(39,40)10-9-25(27,28)29/h11-13,15,17-18H,5-10,14H2,1-4H3,(H,30,34)(H,31,32,33). The number of halogens is 4. The van der Waals surface area contributed by atoms with E-state index in [1.54, 1.807) is 24.8 Å². The maximum atomic E-state index is 14.8. The van der Waals surface area contributed by atoms with Gasteiger partial charge in [0, 0.05) is 36.0 Å². The smallest absolute Gasteiger partial charge is 0.351 e. The van der Waals surface area contributed by atoms with Crippen LogP contribution in [0.5, 0.6) is 0 Å². The monoisotopic (exact) mass is 602 g/mol. The molecule has 2 aliphatic rings. The van der Waals surface area contributed by atoms with Crippen LogP contribution >= 0.6 is 0 Å². The van der Waals surface area contributed by atoms with E-state index in [1.807, 2.05) is 0 Å². The van der Waals surface area contributed by atoms with Gasteiger partial charge in [-0.15, -0.1) is 0 Å². The first-order valence-corrected chi connectivity index (χ1v) is 14.9. The number of pyridine rings is 1. The van der Waals surface area contributed by atoms with E-state index in [1.165, 1.54) is 9.80 Å². The van der Waals surface area contributed by atoms with Crippen LogP contribution in [0.25, 0.3) is 0 Å². The number of hydrogen-bond acceptors (Lipinski definition) is 8. The van der Waals surface area contributed by atoms with Crippen LogP contribution in [0.4, 0.5) is 45.6 Å². The number of anilines is 4. The van der Waals surface area contributed by atoms with Crippen molar-refractivity contribution in [3.05, 3.63) is 29.8 Å². The Labute approximate surface area is 236 Å². The second-order valence-electron chi connectivity index (χ2n) is 10.8. The van der Waals surface area contributed by atoms with Crippen molar-refractivity contribution in [3.8, 4) is 0 Å². The van der Waals surface area contributed by atoms with Gasteiger partial charge in [0.2, 0.25) is 16.0 Å². The summed E-state index contributed by atoms with van der Waals surface area (Å²) in [6.07, 6.45) is 0.452. The fourth-order valence-corrected chi connectivity index (χ4v) is 5.98. The lowest BCUT2D eigenvalue weighted by Gasteiger charge is -2.38. The molecule has 2 N–H and O–H groups in total. The third kappa shape index (κ3) is 7.52. The van der Waals surface area contributed by atoms with Gasteiger partial charge in [0.1, 0.15) is 5.82 Å². The molecule has 0 saturated heterocycles. The van der Waals surface area contributed by atoms with Crippen LogP contribution in [-0.2, 0) is 16.6 Å². The maximum Gasteiger partial charge on any atom is 0.390 e. The highest BCUT2D eigenvalue weighted by atomic mass is 32.2. The molecular weight excluding hydrogens is 568 g/mol. The molecule has 2 amide bonds. The van der Waals surface area contributed by atoms with Crippen LogP contribution in [0.3, 0.4) is 0 Å². The molecule has 2 aromatic rings. The Balaban J connectivity index is 1.51. The molecule has 1 aliphatic carbocycles. The molecule has 0 bridgehead atoms. The molecule has 0 aromatic carbocycles. The summed E-state index contributed by atoms with van der Waals surface area (Å²) in [7, 11) is -0.350. The number of amides is 2. The average molecular weight is 603 g/mol. The molecule has 1 aliphatic heterocycles. The van der Waals surface area contributed by atoms with E-state index in [9.17, 15) is 30.8 Å². The second-order valence-corrected chi connectivity index (χ2v) is 12.6. The third-order valence-electron chi connectivity index (χ3n) is 7.16. The highest BCUT2D eigenvalue weighted by molar-refractivity contribution is 7.92. The molecule has 2 aromatic heterocycles. The van der Waals surface area contributed by atoms with Crippen molar-refractivity contribution in [2.75, 3.05) is 39.7 Å². The predicted octanol–water partition coefficient (Wildman–Crippen LogP) is 4.34. The Kier molecular flexibility index (Phi) is 8.92. The van der Waals surface area contributed by atoms with Crippen molar-refractivity contribution in [2.45, 2.75) is 76.8 Å². The van der Waals surface area contributed by atoms with E-state index >= 15 is 0 Å². The summed E-state index contributed by atoms with van der Waals surface area (Å²) in [5.74, 6) is -2.34. The molecule has 11 nitrogen and oxygen atoms in total. The first-order chi connectivity index (χ1) is 19.1. The minimum Gasteiger partial charge on any atom is -0.351 e. The van der Waals surface area contributed by atoms with Gasteiger partial charge in [0.15, 0.2) is 11.6 Å². The lowest BCUT2D eigenvalue weighted by molar-refractivity contribution is -0.129. The molecule has 3 heterocycles. The number of rotatable bonds is 9. The molecule has 0 radical (unpaired) electrons. The Morgan fingerprint density at radius 2 is 1.80 bits per heavy atom. The largest absolute Gasteiger partial charge is 0.390 e. The predicted molar refractivity (Wildman–Crippen MR) is 147 cm³/mol. The zero-order valence-electron chi connectivity index (χ0n) is 23.2. The summed E-state index contributed by atoms with van der Waals surface area (Å²) in [6.45, 7) is 3.62. The Hall–Kier alpha value is -3.27. The number of sulfonamides is 1. The maximum absolute atomic E-state index is 14.8. The van der Waals surface area contributed by atoms with E-state index < -0.39 is 46.0 Å². The molecular formula is C25H34F4N8O3S. The van der Waals surface area contributed by atoms with Crippen LogP contribution < -0.4 is 19.8 Å². The molecule has 1 saturated carbocycles. The molecule has 0 spiro atoms. The topological polar surface area (TPSA) is 124 Å². The number of hydrogen-bond donors (Lipinski definition) is 2. The number of carbonyl (C=O) groups excluding carboxylic acids is 1. The van der Waals surface area contributed by atoms with Gasteiger partial charge in [0.25, 0.3) is 0 Å². The number of aromatic nitrogens is 3. The highest BCUT2D eigenvalue weighted by Gasteiger charge is 2.36. The summed E-state index contributed by atoms with van der Waals surface area (Å²) < 4.78 is 77.8. The van der Waals surface area contributed by atoms with Gasteiger partial charge in [-0.2, -0.15) is 18.2 Å². The van der Waals surface area contributed by atoms with Crippen molar-refractivity contribution in [1.29, 1.82) is 0 Å². The van der Waals surface area contributed by atoms with E-state index in [4.69, 9.17) is 0 Å². The normalized spacial score (nSPS) is 20.0. The fraction of sp³-hybridized carbons (Fsp3) is 0.600. The van der Waals surface area contributed by atoms with Gasteiger partial charge in [-0.3, -0.25) is 14.5 Å². The van der Waals surface area contributed by atoms with Gasteiger partial charge < -0.3 is 10.2 Å². The SMILES string of the molecule is CC(C)N1C(=O)N(c2cnc(NS(=O)(=O)CCC(F)(F)F)c(F)c2)Cc2cnc(NC3CCC(N(C)C)CC3)nc21. The van der Waals surface area contributed by atoms with Crippen LogP contribution in [0.1, 0.15) is 51.5 Å². The van der Waals surface area contributed by atoms with E-state index in [-0.39, 0.29) is 24.3 Å². The minimum absolute atomic E-state index is 0.00336. The van der Waals surface area contributed by atoms with Crippen LogP contribution in [0.2, 0.25) is 0 Å². The molecule has 4 rings (SSSR count). The first kappa shape index (κ1) is 30.7. The summed E-state index contributed by atoms with van der Waals surface area (Å²) in [6, 6.07) is 0.839. The molecule has 0 unspecified atom stereocenters. The zero-order valence-corrected chi connectivity index (χ0v) is 24.1. The summed E-state index contributed by atoms with van der Waals surface area (Å²) >= 11 is 0. The van der Waals surface area contributed by atoms with Crippen molar-refractivity contribution >= 4 is 39.3 Å². The number of nitrogens with one attached hydrogen (secondary N) is 2. The second kappa shape index (κ2) is 11.9.